The van der Waals surface area contributed by atoms with Gasteiger partial charge in [0, 0.05) is 24.0 Å². The monoisotopic (exact) mass is 374 g/mol. The molecule has 1 heterocycles. The molecule has 2 aliphatic rings. The standard InChI is InChI=1S/C22H24F2O3/c1-14(25)18-6-7-19(21(24)20(18)23)17-4-2-15(3-5-17)16-8-10-22(11-9-16)26-12-13-27-22/h2-7,14,16,25H,8-13H2,1H3. The van der Waals surface area contributed by atoms with Crippen LogP contribution in [0, 0.1) is 11.6 Å². The van der Waals surface area contributed by atoms with Gasteiger partial charge < -0.3 is 14.6 Å². The molecular formula is C22H24F2O3. The van der Waals surface area contributed by atoms with Gasteiger partial charge in [-0.3, -0.25) is 0 Å². The predicted molar refractivity (Wildman–Crippen MR) is 98.3 cm³/mol. The van der Waals surface area contributed by atoms with Gasteiger partial charge in [0.2, 0.25) is 0 Å². The summed E-state index contributed by atoms with van der Waals surface area (Å²) in [5.74, 6) is -1.85. The summed E-state index contributed by atoms with van der Waals surface area (Å²) >= 11 is 0. The average molecular weight is 374 g/mol. The zero-order chi connectivity index (χ0) is 19.0. The minimum Gasteiger partial charge on any atom is -0.389 e. The number of rotatable bonds is 3. The van der Waals surface area contributed by atoms with Gasteiger partial charge >= 0.3 is 0 Å². The van der Waals surface area contributed by atoms with Crippen molar-refractivity contribution in [3.05, 3.63) is 59.2 Å². The van der Waals surface area contributed by atoms with Gasteiger partial charge in [-0.2, -0.15) is 0 Å². The molecule has 1 saturated carbocycles. The van der Waals surface area contributed by atoms with Crippen LogP contribution in [0.2, 0.25) is 0 Å². The summed E-state index contributed by atoms with van der Waals surface area (Å²) < 4.78 is 40.1. The Labute approximate surface area is 157 Å². The summed E-state index contributed by atoms with van der Waals surface area (Å²) in [6.45, 7) is 2.77. The Hall–Kier alpha value is -1.82. The quantitative estimate of drug-likeness (QED) is 0.814. The first-order valence-corrected chi connectivity index (χ1v) is 9.53. The van der Waals surface area contributed by atoms with Gasteiger partial charge in [-0.15, -0.1) is 0 Å². The Morgan fingerprint density at radius 3 is 2.19 bits per heavy atom. The molecule has 3 nitrogen and oxygen atoms in total. The van der Waals surface area contributed by atoms with Crippen LogP contribution in [0.3, 0.4) is 0 Å². The SMILES string of the molecule is CC(O)c1ccc(-c2ccc(C3CCC4(CC3)OCCO4)cc2)c(F)c1F. The maximum absolute atomic E-state index is 14.4. The summed E-state index contributed by atoms with van der Waals surface area (Å²) in [6.07, 6.45) is 2.72. The summed E-state index contributed by atoms with van der Waals surface area (Å²) in [5, 5.41) is 9.52. The van der Waals surface area contributed by atoms with Crippen molar-refractivity contribution in [3.63, 3.8) is 0 Å². The topological polar surface area (TPSA) is 38.7 Å². The van der Waals surface area contributed by atoms with E-state index < -0.39 is 17.7 Å². The van der Waals surface area contributed by atoms with E-state index in [1.807, 2.05) is 24.3 Å². The molecule has 2 fully saturated rings. The molecule has 1 saturated heterocycles. The smallest absolute Gasteiger partial charge is 0.168 e. The molecule has 1 unspecified atom stereocenters. The molecule has 1 atom stereocenters. The molecule has 144 valence electrons. The fourth-order valence-electron chi connectivity index (χ4n) is 4.22. The van der Waals surface area contributed by atoms with Gasteiger partial charge in [-0.05, 0) is 36.8 Å². The van der Waals surface area contributed by atoms with Gasteiger partial charge in [-0.1, -0.05) is 36.4 Å². The van der Waals surface area contributed by atoms with E-state index >= 15 is 0 Å². The van der Waals surface area contributed by atoms with Crippen LogP contribution in [0.1, 0.15) is 55.8 Å². The zero-order valence-electron chi connectivity index (χ0n) is 15.4. The van der Waals surface area contributed by atoms with E-state index in [1.54, 1.807) is 0 Å². The lowest BCUT2D eigenvalue weighted by molar-refractivity contribution is -0.178. The van der Waals surface area contributed by atoms with Crippen LogP contribution in [0.4, 0.5) is 8.78 Å². The zero-order valence-corrected chi connectivity index (χ0v) is 15.4. The summed E-state index contributed by atoms with van der Waals surface area (Å²) in [7, 11) is 0. The van der Waals surface area contributed by atoms with E-state index in [2.05, 4.69) is 0 Å². The normalized spacial score (nSPS) is 20.9. The fourth-order valence-corrected chi connectivity index (χ4v) is 4.22. The van der Waals surface area contributed by atoms with Crippen LogP contribution in [0.25, 0.3) is 11.1 Å². The molecule has 1 spiro atoms. The van der Waals surface area contributed by atoms with Gasteiger partial charge in [0.15, 0.2) is 17.4 Å². The number of ether oxygens (including phenoxy) is 2. The van der Waals surface area contributed by atoms with Gasteiger partial charge in [-0.25, -0.2) is 8.78 Å². The molecule has 2 aromatic carbocycles. The number of halogens is 2. The van der Waals surface area contributed by atoms with Gasteiger partial charge in [0.05, 0.1) is 19.3 Å². The second-order valence-electron chi connectivity index (χ2n) is 7.51. The summed E-state index contributed by atoms with van der Waals surface area (Å²) in [5.41, 5.74) is 2.01. The van der Waals surface area contributed by atoms with E-state index in [0.717, 1.165) is 25.7 Å². The Morgan fingerprint density at radius 1 is 0.963 bits per heavy atom. The first kappa shape index (κ1) is 18.5. The Balaban J connectivity index is 1.51. The number of benzene rings is 2. The second-order valence-corrected chi connectivity index (χ2v) is 7.51. The number of hydrogen-bond donors (Lipinski definition) is 1. The lowest BCUT2D eigenvalue weighted by Crippen LogP contribution is -2.34. The molecule has 5 heteroatoms. The maximum Gasteiger partial charge on any atom is 0.168 e. The van der Waals surface area contributed by atoms with Crippen molar-refractivity contribution in [3.8, 4) is 11.1 Å². The van der Waals surface area contributed by atoms with Crippen molar-refractivity contribution in [2.75, 3.05) is 13.2 Å². The van der Waals surface area contributed by atoms with Crippen LogP contribution in [0.5, 0.6) is 0 Å². The molecular weight excluding hydrogens is 350 g/mol. The van der Waals surface area contributed by atoms with Gasteiger partial charge in [0.1, 0.15) is 0 Å². The molecule has 4 rings (SSSR count). The van der Waals surface area contributed by atoms with Crippen LogP contribution >= 0.6 is 0 Å². The van der Waals surface area contributed by atoms with E-state index in [-0.39, 0.29) is 16.9 Å². The van der Waals surface area contributed by atoms with Crippen LogP contribution < -0.4 is 0 Å². The third-order valence-electron chi connectivity index (χ3n) is 5.82. The van der Waals surface area contributed by atoms with Crippen LogP contribution in [-0.2, 0) is 9.47 Å². The minimum absolute atomic E-state index is 0.0274. The molecule has 1 N–H and O–H groups in total. The lowest BCUT2D eigenvalue weighted by Gasteiger charge is -2.35. The molecule has 27 heavy (non-hydrogen) atoms. The number of hydrogen-bond acceptors (Lipinski definition) is 3. The lowest BCUT2D eigenvalue weighted by atomic mass is 9.80. The van der Waals surface area contributed by atoms with Crippen molar-refractivity contribution >= 4 is 0 Å². The summed E-state index contributed by atoms with van der Waals surface area (Å²) in [6, 6.07) is 10.6. The summed E-state index contributed by atoms with van der Waals surface area (Å²) in [4.78, 5) is 0. The highest BCUT2D eigenvalue weighted by atomic mass is 19.2. The van der Waals surface area contributed by atoms with Crippen molar-refractivity contribution in [2.24, 2.45) is 0 Å². The van der Waals surface area contributed by atoms with Gasteiger partial charge in [0.25, 0.3) is 0 Å². The van der Waals surface area contributed by atoms with E-state index in [9.17, 15) is 13.9 Å². The Morgan fingerprint density at radius 2 is 1.59 bits per heavy atom. The largest absolute Gasteiger partial charge is 0.389 e. The first-order chi connectivity index (χ1) is 13.0. The molecule has 1 aliphatic heterocycles. The van der Waals surface area contributed by atoms with Crippen molar-refractivity contribution < 1.29 is 23.4 Å². The molecule has 0 amide bonds. The Bertz CT molecular complexity index is 801. The molecule has 0 bridgehead atoms. The third kappa shape index (κ3) is 3.51. The molecule has 0 radical (unpaired) electrons. The van der Waals surface area contributed by atoms with Crippen molar-refractivity contribution in [1.29, 1.82) is 0 Å². The van der Waals surface area contributed by atoms with Crippen molar-refractivity contribution in [2.45, 2.75) is 50.4 Å². The van der Waals surface area contributed by atoms with E-state index in [1.165, 1.54) is 24.6 Å². The fraction of sp³-hybridized carbons (Fsp3) is 0.455. The number of aliphatic hydroxyl groups excluding tert-OH is 1. The van der Waals surface area contributed by atoms with E-state index in [0.29, 0.717) is 24.7 Å². The first-order valence-electron chi connectivity index (χ1n) is 9.53. The predicted octanol–water partition coefficient (Wildman–Crippen LogP) is 5.09. The molecule has 2 aromatic rings. The van der Waals surface area contributed by atoms with Crippen molar-refractivity contribution in [1.82, 2.24) is 0 Å². The minimum atomic E-state index is -1.04. The maximum atomic E-state index is 14.4. The highest BCUT2D eigenvalue weighted by Crippen LogP contribution is 2.42. The van der Waals surface area contributed by atoms with Crippen LogP contribution in [-0.4, -0.2) is 24.1 Å². The van der Waals surface area contributed by atoms with E-state index in [4.69, 9.17) is 9.47 Å². The molecule has 1 aliphatic carbocycles. The number of aliphatic hydroxyl groups is 1. The highest BCUT2D eigenvalue weighted by molar-refractivity contribution is 5.65. The highest BCUT2D eigenvalue weighted by Gasteiger charge is 2.40. The Kier molecular flexibility index (Phi) is 5.01. The second kappa shape index (κ2) is 7.30. The third-order valence-corrected chi connectivity index (χ3v) is 5.82. The average Bonchev–Trinajstić information content (AvgIpc) is 3.12. The van der Waals surface area contributed by atoms with Crippen LogP contribution in [0.15, 0.2) is 36.4 Å². The molecule has 0 aromatic heterocycles.